The Kier molecular flexibility index (Phi) is 3.74. The smallest absolute Gasteiger partial charge is 0.342 e. The number of hydrogen-bond donors (Lipinski definition) is 0. The van der Waals surface area contributed by atoms with Crippen LogP contribution in [0.15, 0.2) is 45.5 Å². The molecule has 3 rings (SSSR count). The predicted molar refractivity (Wildman–Crippen MR) is 77.0 cm³/mol. The third kappa shape index (κ3) is 2.76. The van der Waals surface area contributed by atoms with Gasteiger partial charge in [-0.05, 0) is 25.5 Å². The molecular formula is C16H14N2O4. The van der Waals surface area contributed by atoms with Crippen molar-refractivity contribution in [2.75, 3.05) is 0 Å². The lowest BCUT2D eigenvalue weighted by atomic mass is 10.1. The lowest BCUT2D eigenvalue weighted by Gasteiger charge is -2.00. The fourth-order valence-corrected chi connectivity index (χ4v) is 2.05. The van der Waals surface area contributed by atoms with Crippen molar-refractivity contribution < 1.29 is 18.5 Å². The van der Waals surface area contributed by atoms with Gasteiger partial charge in [-0.15, -0.1) is 0 Å². The molecule has 2 aromatic heterocycles. The Balaban J connectivity index is 1.69. The number of benzene rings is 1. The zero-order valence-corrected chi connectivity index (χ0v) is 12.2. The van der Waals surface area contributed by atoms with E-state index in [9.17, 15) is 4.79 Å². The fraction of sp³-hybridized carbons (Fsp3) is 0.188. The second-order valence-corrected chi connectivity index (χ2v) is 4.79. The van der Waals surface area contributed by atoms with Crippen LogP contribution in [0.4, 0.5) is 0 Å². The van der Waals surface area contributed by atoms with Crippen LogP contribution in [-0.4, -0.2) is 16.1 Å². The van der Waals surface area contributed by atoms with Crippen molar-refractivity contribution in [3.63, 3.8) is 0 Å². The number of carbonyl (C=O) groups excluding carboxylic acids is 1. The topological polar surface area (TPSA) is 78.4 Å². The molecule has 3 aromatic rings. The first-order chi connectivity index (χ1) is 10.6. The molecule has 0 aliphatic heterocycles. The van der Waals surface area contributed by atoms with Crippen molar-refractivity contribution >= 4 is 5.97 Å². The van der Waals surface area contributed by atoms with Gasteiger partial charge >= 0.3 is 5.97 Å². The molecule has 0 bridgehead atoms. The summed E-state index contributed by atoms with van der Waals surface area (Å²) in [5.74, 6) is 0.745. The molecule has 0 atom stereocenters. The molecule has 0 amide bonds. The number of carbonyl (C=O) groups is 1. The minimum Gasteiger partial charge on any atom is -0.469 e. The number of ether oxygens (including phenoxy) is 1. The van der Waals surface area contributed by atoms with Gasteiger partial charge in [-0.3, -0.25) is 0 Å². The van der Waals surface area contributed by atoms with Gasteiger partial charge in [0.2, 0.25) is 5.82 Å². The maximum atomic E-state index is 11.9. The molecule has 0 saturated heterocycles. The van der Waals surface area contributed by atoms with E-state index in [0.717, 1.165) is 11.1 Å². The number of hydrogen-bond acceptors (Lipinski definition) is 6. The van der Waals surface area contributed by atoms with Crippen LogP contribution in [0.5, 0.6) is 0 Å². The standard InChI is InChI=1S/C16H14N2O4/c1-10-5-3-4-6-12(10)15-17-14(22-18-15)9-21-16(19)13-7-8-20-11(13)2/h3-8H,9H2,1-2H3. The van der Waals surface area contributed by atoms with Crippen LogP contribution in [-0.2, 0) is 11.3 Å². The summed E-state index contributed by atoms with van der Waals surface area (Å²) < 4.78 is 15.3. The zero-order valence-electron chi connectivity index (χ0n) is 12.2. The largest absolute Gasteiger partial charge is 0.469 e. The summed E-state index contributed by atoms with van der Waals surface area (Å²) in [7, 11) is 0. The lowest BCUT2D eigenvalue weighted by molar-refractivity contribution is 0.0428. The van der Waals surface area contributed by atoms with Crippen LogP contribution in [0.25, 0.3) is 11.4 Å². The molecule has 22 heavy (non-hydrogen) atoms. The summed E-state index contributed by atoms with van der Waals surface area (Å²) in [4.78, 5) is 16.1. The highest BCUT2D eigenvalue weighted by Crippen LogP contribution is 2.20. The molecule has 0 aliphatic carbocycles. The maximum Gasteiger partial charge on any atom is 0.342 e. The first kappa shape index (κ1) is 14.1. The summed E-state index contributed by atoms with van der Waals surface area (Å²) in [6.45, 7) is 3.58. The van der Waals surface area contributed by atoms with Crippen molar-refractivity contribution in [1.82, 2.24) is 10.1 Å². The van der Waals surface area contributed by atoms with Crippen LogP contribution >= 0.6 is 0 Å². The minimum absolute atomic E-state index is 0.0810. The molecule has 0 aliphatic rings. The number of nitrogens with zero attached hydrogens (tertiary/aromatic N) is 2. The van der Waals surface area contributed by atoms with E-state index in [2.05, 4.69) is 10.1 Å². The van der Waals surface area contributed by atoms with E-state index in [1.54, 1.807) is 13.0 Å². The highest BCUT2D eigenvalue weighted by Gasteiger charge is 2.16. The molecule has 0 N–H and O–H groups in total. The molecule has 6 nitrogen and oxygen atoms in total. The van der Waals surface area contributed by atoms with Crippen LogP contribution in [0.3, 0.4) is 0 Å². The average Bonchev–Trinajstić information content (AvgIpc) is 3.14. The van der Waals surface area contributed by atoms with Gasteiger partial charge in [-0.25, -0.2) is 4.79 Å². The van der Waals surface area contributed by atoms with Gasteiger partial charge in [0, 0.05) is 5.56 Å². The van der Waals surface area contributed by atoms with Crippen molar-refractivity contribution in [3.8, 4) is 11.4 Å². The molecular weight excluding hydrogens is 284 g/mol. The van der Waals surface area contributed by atoms with Gasteiger partial charge in [0.25, 0.3) is 5.89 Å². The van der Waals surface area contributed by atoms with Crippen molar-refractivity contribution in [2.24, 2.45) is 0 Å². The lowest BCUT2D eigenvalue weighted by Crippen LogP contribution is -2.05. The number of esters is 1. The average molecular weight is 298 g/mol. The van der Waals surface area contributed by atoms with Gasteiger partial charge in [-0.1, -0.05) is 29.4 Å². The predicted octanol–water partition coefficient (Wildman–Crippen LogP) is 3.30. The Hall–Kier alpha value is -2.89. The summed E-state index contributed by atoms with van der Waals surface area (Å²) in [6.07, 6.45) is 1.44. The quantitative estimate of drug-likeness (QED) is 0.688. The summed E-state index contributed by atoms with van der Waals surface area (Å²) in [5, 5.41) is 3.91. The van der Waals surface area contributed by atoms with E-state index in [1.165, 1.54) is 6.26 Å². The monoisotopic (exact) mass is 298 g/mol. The molecule has 0 fully saturated rings. The van der Waals surface area contributed by atoms with E-state index in [1.807, 2.05) is 31.2 Å². The van der Waals surface area contributed by atoms with Crippen LogP contribution in [0.2, 0.25) is 0 Å². The Morgan fingerprint density at radius 2 is 2.05 bits per heavy atom. The summed E-state index contributed by atoms with van der Waals surface area (Å²) >= 11 is 0. The molecule has 0 spiro atoms. The summed E-state index contributed by atoms with van der Waals surface area (Å²) in [5.41, 5.74) is 2.31. The van der Waals surface area contributed by atoms with Gasteiger partial charge in [-0.2, -0.15) is 4.98 Å². The molecule has 1 aromatic carbocycles. The van der Waals surface area contributed by atoms with Crippen LogP contribution in [0, 0.1) is 13.8 Å². The second kappa shape index (κ2) is 5.85. The highest BCUT2D eigenvalue weighted by molar-refractivity contribution is 5.90. The van der Waals surface area contributed by atoms with Crippen molar-refractivity contribution in [1.29, 1.82) is 0 Å². The fourth-order valence-electron chi connectivity index (χ4n) is 2.05. The van der Waals surface area contributed by atoms with E-state index in [-0.39, 0.29) is 12.5 Å². The second-order valence-electron chi connectivity index (χ2n) is 4.79. The third-order valence-electron chi connectivity index (χ3n) is 3.26. The van der Waals surface area contributed by atoms with Crippen LogP contribution in [0.1, 0.15) is 27.6 Å². The Morgan fingerprint density at radius 1 is 1.23 bits per heavy atom. The van der Waals surface area contributed by atoms with Crippen LogP contribution < -0.4 is 0 Å². The van der Waals surface area contributed by atoms with E-state index in [4.69, 9.17) is 13.7 Å². The highest BCUT2D eigenvalue weighted by atomic mass is 16.6. The SMILES string of the molecule is Cc1ccccc1-c1noc(COC(=O)c2ccoc2C)n1. The number of furan rings is 1. The minimum atomic E-state index is -0.484. The van der Waals surface area contributed by atoms with Crippen molar-refractivity contribution in [3.05, 3.63) is 59.4 Å². The molecule has 0 radical (unpaired) electrons. The maximum absolute atomic E-state index is 11.9. The number of rotatable bonds is 4. The van der Waals surface area contributed by atoms with E-state index < -0.39 is 5.97 Å². The van der Waals surface area contributed by atoms with E-state index in [0.29, 0.717) is 17.1 Å². The molecule has 6 heteroatoms. The van der Waals surface area contributed by atoms with E-state index >= 15 is 0 Å². The normalized spacial score (nSPS) is 10.6. The number of aryl methyl sites for hydroxylation is 2. The van der Waals surface area contributed by atoms with Gasteiger partial charge in [0.05, 0.1) is 6.26 Å². The van der Waals surface area contributed by atoms with Crippen molar-refractivity contribution in [2.45, 2.75) is 20.5 Å². The third-order valence-corrected chi connectivity index (χ3v) is 3.26. The summed E-state index contributed by atoms with van der Waals surface area (Å²) in [6, 6.07) is 9.27. The molecule has 112 valence electrons. The Morgan fingerprint density at radius 3 is 2.77 bits per heavy atom. The zero-order chi connectivity index (χ0) is 15.5. The molecule has 0 saturated carbocycles. The Labute approximate surface area is 126 Å². The molecule has 0 unspecified atom stereocenters. The Bertz CT molecular complexity index is 804. The van der Waals surface area contributed by atoms with Gasteiger partial charge in [0.15, 0.2) is 6.61 Å². The first-order valence-electron chi connectivity index (χ1n) is 6.75. The van der Waals surface area contributed by atoms with Gasteiger partial charge in [0.1, 0.15) is 11.3 Å². The molecule has 2 heterocycles. The van der Waals surface area contributed by atoms with Gasteiger partial charge < -0.3 is 13.7 Å². The number of aromatic nitrogens is 2. The first-order valence-corrected chi connectivity index (χ1v) is 6.75.